The number of hydrogen-bond acceptors (Lipinski definition) is 8. The maximum atomic E-state index is 14.6. The van der Waals surface area contributed by atoms with Crippen LogP contribution in [0.1, 0.15) is 50.2 Å². The maximum Gasteiger partial charge on any atom is 0.336 e. The highest BCUT2D eigenvalue weighted by Gasteiger charge is 2.49. The van der Waals surface area contributed by atoms with Crippen molar-refractivity contribution < 1.29 is 33.3 Å². The monoisotopic (exact) mass is 581 g/mol. The highest BCUT2D eigenvalue weighted by Crippen LogP contribution is 2.49. The lowest BCUT2D eigenvalue weighted by Crippen LogP contribution is -2.43. The van der Waals surface area contributed by atoms with Gasteiger partial charge in [-0.2, -0.15) is 0 Å². The molecule has 0 fully saturated rings. The molecule has 3 unspecified atom stereocenters. The van der Waals surface area contributed by atoms with Gasteiger partial charge in [-0.05, 0) is 68.7 Å². The fraction of sp³-hybridized carbons (Fsp3) is 0.286. The lowest BCUT2D eigenvalue weighted by molar-refractivity contribution is -0.152. The number of dihydropyridines is 1. The van der Waals surface area contributed by atoms with E-state index in [1.54, 1.807) is 27.9 Å². The lowest BCUT2D eigenvalue weighted by Gasteiger charge is -2.39. The Hall–Kier alpha value is -4.85. The summed E-state index contributed by atoms with van der Waals surface area (Å²) in [5, 5.41) is 3.33. The Morgan fingerprint density at radius 3 is 2.30 bits per heavy atom. The first-order valence-electron chi connectivity index (χ1n) is 14.4. The summed E-state index contributed by atoms with van der Waals surface area (Å²) in [6, 6.07) is 24.0. The van der Waals surface area contributed by atoms with Crippen LogP contribution in [0.2, 0.25) is 0 Å². The summed E-state index contributed by atoms with van der Waals surface area (Å²) in [5.41, 5.74) is 3.27. The molecule has 3 atom stereocenters. The van der Waals surface area contributed by atoms with Crippen LogP contribution in [0.4, 0.5) is 0 Å². The van der Waals surface area contributed by atoms with Crippen molar-refractivity contribution in [1.29, 1.82) is 0 Å². The highest BCUT2D eigenvalue weighted by atomic mass is 16.5. The molecule has 222 valence electrons. The fourth-order valence-corrected chi connectivity index (χ4v) is 6.00. The Bertz CT molecular complexity index is 1590. The molecule has 43 heavy (non-hydrogen) atoms. The number of methoxy groups -OCH3 is 1. The molecular weight excluding hydrogens is 546 g/mol. The molecule has 2 aliphatic rings. The summed E-state index contributed by atoms with van der Waals surface area (Å²) in [4.78, 5) is 41.5. The van der Waals surface area contributed by atoms with Crippen LogP contribution in [0, 0.1) is 5.92 Å². The topological polar surface area (TPSA) is 100 Å². The third kappa shape index (κ3) is 5.91. The minimum atomic E-state index is -1.13. The van der Waals surface area contributed by atoms with Gasteiger partial charge in [0.05, 0.1) is 25.9 Å². The summed E-state index contributed by atoms with van der Waals surface area (Å²) < 4.78 is 22.6. The minimum absolute atomic E-state index is 0.126. The Kier molecular flexibility index (Phi) is 8.95. The largest absolute Gasteiger partial charge is 0.496 e. The molecule has 0 spiro atoms. The standard InChI is InChI=1S/C35H35NO7/c1-5-41-34(38)29-21(3)36-27-20-26(25-17-10-11-18-28(25)40-4)31(35(39)42-6-2)33(37)32(27)30(29)22-13-12-16-24(19-22)43-23-14-8-7-9-15-23/h7-19,26,30-31,36H,5-6,20H2,1-4H3. The molecule has 5 rings (SSSR count). The molecule has 0 aromatic heterocycles. The van der Waals surface area contributed by atoms with Crippen LogP contribution < -0.4 is 14.8 Å². The number of nitrogens with one attached hydrogen (secondary N) is 1. The van der Waals surface area contributed by atoms with Gasteiger partial charge in [0.2, 0.25) is 0 Å². The SMILES string of the molecule is CCOC(=O)C1=C(C)NC2=C(C(=O)C(C(=O)OCC)C(c3ccccc3OC)C2)C1c1cccc(Oc2ccccc2)c1. The zero-order chi connectivity index (χ0) is 30.5. The van der Waals surface area contributed by atoms with Gasteiger partial charge in [-0.25, -0.2) is 4.79 Å². The number of hydrogen-bond donors (Lipinski definition) is 1. The predicted octanol–water partition coefficient (Wildman–Crippen LogP) is 6.20. The Labute approximate surface area is 251 Å². The number of para-hydroxylation sites is 2. The third-order valence-electron chi connectivity index (χ3n) is 7.76. The van der Waals surface area contributed by atoms with E-state index < -0.39 is 35.5 Å². The van der Waals surface area contributed by atoms with E-state index in [1.807, 2.05) is 78.9 Å². The molecule has 8 heteroatoms. The second kappa shape index (κ2) is 13.0. The average Bonchev–Trinajstić information content (AvgIpc) is 3.01. The number of benzene rings is 3. The molecule has 0 amide bonds. The van der Waals surface area contributed by atoms with E-state index in [2.05, 4.69) is 5.32 Å². The van der Waals surface area contributed by atoms with Crippen molar-refractivity contribution >= 4 is 17.7 Å². The quantitative estimate of drug-likeness (QED) is 0.236. The van der Waals surface area contributed by atoms with Gasteiger partial charge in [-0.3, -0.25) is 9.59 Å². The molecule has 1 N–H and O–H groups in total. The zero-order valence-corrected chi connectivity index (χ0v) is 24.7. The molecule has 8 nitrogen and oxygen atoms in total. The minimum Gasteiger partial charge on any atom is -0.496 e. The molecule has 0 saturated carbocycles. The van der Waals surface area contributed by atoms with Gasteiger partial charge in [-0.15, -0.1) is 0 Å². The molecular formula is C35H35NO7. The van der Waals surface area contributed by atoms with Crippen LogP contribution in [-0.4, -0.2) is 38.0 Å². The van der Waals surface area contributed by atoms with Gasteiger partial charge in [0, 0.05) is 28.8 Å². The van der Waals surface area contributed by atoms with E-state index in [-0.39, 0.29) is 13.2 Å². The molecule has 3 aromatic carbocycles. The van der Waals surface area contributed by atoms with Crippen LogP contribution in [0.25, 0.3) is 0 Å². The summed E-state index contributed by atoms with van der Waals surface area (Å²) in [5.74, 6) is -2.25. The number of Topliss-reactive ketones (excluding diaryl/α,β-unsaturated/α-hetero) is 1. The first-order chi connectivity index (χ1) is 20.9. The molecule has 1 aliphatic heterocycles. The molecule has 0 bridgehead atoms. The van der Waals surface area contributed by atoms with Gasteiger partial charge in [-0.1, -0.05) is 48.5 Å². The molecule has 0 saturated heterocycles. The molecule has 0 radical (unpaired) electrons. The molecule has 3 aromatic rings. The second-order valence-electron chi connectivity index (χ2n) is 10.3. The van der Waals surface area contributed by atoms with E-state index in [0.717, 1.165) is 5.56 Å². The summed E-state index contributed by atoms with van der Waals surface area (Å²) in [6.07, 6.45) is 0.328. The number of carbonyl (C=O) groups excluding carboxylic acids is 3. The van der Waals surface area contributed by atoms with E-state index in [1.165, 1.54) is 0 Å². The Morgan fingerprint density at radius 2 is 1.58 bits per heavy atom. The van der Waals surface area contributed by atoms with Gasteiger partial charge in [0.1, 0.15) is 23.2 Å². The van der Waals surface area contributed by atoms with Crippen LogP contribution >= 0.6 is 0 Å². The van der Waals surface area contributed by atoms with Gasteiger partial charge >= 0.3 is 11.9 Å². The number of carbonyl (C=O) groups is 3. The van der Waals surface area contributed by atoms with Crippen molar-refractivity contribution in [2.75, 3.05) is 20.3 Å². The number of esters is 2. The summed E-state index contributed by atoms with van der Waals surface area (Å²) in [6.45, 7) is 5.54. The molecule has 1 heterocycles. The van der Waals surface area contributed by atoms with E-state index in [4.69, 9.17) is 18.9 Å². The van der Waals surface area contributed by atoms with Gasteiger partial charge < -0.3 is 24.3 Å². The van der Waals surface area contributed by atoms with Crippen molar-refractivity contribution in [2.24, 2.45) is 5.92 Å². The highest BCUT2D eigenvalue weighted by molar-refractivity contribution is 6.13. The van der Waals surface area contributed by atoms with Crippen LogP contribution in [0.15, 0.2) is 101 Å². The van der Waals surface area contributed by atoms with Crippen molar-refractivity contribution in [3.8, 4) is 17.2 Å². The molecule has 1 aliphatic carbocycles. The number of ketones is 1. The first-order valence-corrected chi connectivity index (χ1v) is 14.4. The predicted molar refractivity (Wildman–Crippen MR) is 161 cm³/mol. The normalized spacial score (nSPS) is 19.7. The van der Waals surface area contributed by atoms with Crippen LogP contribution in [-0.2, 0) is 23.9 Å². The smallest absolute Gasteiger partial charge is 0.336 e. The second-order valence-corrected chi connectivity index (χ2v) is 10.3. The number of rotatable bonds is 9. The fourth-order valence-electron chi connectivity index (χ4n) is 6.00. The Morgan fingerprint density at radius 1 is 0.884 bits per heavy atom. The van der Waals surface area contributed by atoms with E-state index in [0.29, 0.717) is 51.8 Å². The van der Waals surface area contributed by atoms with Gasteiger partial charge in [0.15, 0.2) is 5.78 Å². The van der Waals surface area contributed by atoms with Crippen molar-refractivity contribution in [2.45, 2.75) is 39.0 Å². The van der Waals surface area contributed by atoms with Crippen molar-refractivity contribution in [3.05, 3.63) is 113 Å². The first kappa shape index (κ1) is 29.6. The van der Waals surface area contributed by atoms with Crippen LogP contribution in [0.5, 0.6) is 17.2 Å². The van der Waals surface area contributed by atoms with E-state index in [9.17, 15) is 14.4 Å². The number of ether oxygens (including phenoxy) is 4. The zero-order valence-electron chi connectivity index (χ0n) is 24.7. The summed E-state index contributed by atoms with van der Waals surface area (Å²) in [7, 11) is 1.56. The van der Waals surface area contributed by atoms with Gasteiger partial charge in [0.25, 0.3) is 0 Å². The van der Waals surface area contributed by atoms with Crippen molar-refractivity contribution in [3.63, 3.8) is 0 Å². The summed E-state index contributed by atoms with van der Waals surface area (Å²) >= 11 is 0. The van der Waals surface area contributed by atoms with Crippen molar-refractivity contribution in [1.82, 2.24) is 5.32 Å². The van der Waals surface area contributed by atoms with E-state index >= 15 is 0 Å². The average molecular weight is 582 g/mol. The maximum absolute atomic E-state index is 14.6. The van der Waals surface area contributed by atoms with Crippen LogP contribution in [0.3, 0.4) is 0 Å². The lowest BCUT2D eigenvalue weighted by atomic mass is 9.67. The number of allylic oxidation sites excluding steroid dienone is 3. The third-order valence-corrected chi connectivity index (χ3v) is 7.76. The Balaban J connectivity index is 1.66.